The fraction of sp³-hybridized carbons (Fsp3) is 0.286. The van der Waals surface area contributed by atoms with Gasteiger partial charge in [-0.3, -0.25) is 28.2 Å². The second-order valence-corrected chi connectivity index (χ2v) is 17.6. The van der Waals surface area contributed by atoms with E-state index in [-0.39, 0.29) is 62.5 Å². The van der Waals surface area contributed by atoms with Crippen LogP contribution in [0.25, 0.3) is 38.9 Å². The minimum Gasteiger partial charge on any atom is -0.344 e. The van der Waals surface area contributed by atoms with Gasteiger partial charge in [-0.05, 0) is 91.4 Å². The molecule has 0 radical (unpaired) electrons. The van der Waals surface area contributed by atoms with Crippen LogP contribution < -0.4 is 15.6 Å². The Morgan fingerprint density at radius 3 is 2.35 bits per heavy atom. The van der Waals surface area contributed by atoms with Crippen LogP contribution in [0.3, 0.4) is 0 Å². The monoisotopic (exact) mass is 893 g/mol. The van der Waals surface area contributed by atoms with Gasteiger partial charge in [-0.15, -0.1) is 0 Å². The Morgan fingerprint density at radius 2 is 1.67 bits per heavy atom. The lowest BCUT2D eigenvalue weighted by Crippen LogP contribution is -2.38. The minimum absolute atomic E-state index is 0.0136. The predicted molar refractivity (Wildman–Crippen MR) is 216 cm³/mol. The number of sulfonamides is 1. The van der Waals surface area contributed by atoms with E-state index < -0.39 is 93.5 Å². The minimum atomic E-state index is -3.88. The molecule has 4 aromatic heterocycles. The van der Waals surface area contributed by atoms with Gasteiger partial charge in [-0.25, -0.2) is 40.3 Å². The molecule has 0 spiro atoms. The zero-order chi connectivity index (χ0) is 45.0. The molecule has 1 amide bonds. The van der Waals surface area contributed by atoms with E-state index in [1.165, 1.54) is 48.1 Å². The van der Waals surface area contributed by atoms with Gasteiger partial charge in [0.25, 0.3) is 17.9 Å². The number of fused-ring (bicyclic) bond motifs is 5. The largest absolute Gasteiger partial charge is 0.344 e. The number of anilines is 1. The third-order valence-electron chi connectivity index (χ3n) is 11.4. The van der Waals surface area contributed by atoms with Crippen LogP contribution in [0.4, 0.5) is 36.6 Å². The average molecular weight is 894 g/mol. The number of carbonyl (C=O) groups excluding carboxylic acids is 1. The molecule has 0 bridgehead atoms. The molecular formula is C42H34F7N9O4S. The molecule has 3 atom stereocenters. The number of hydrogen-bond donors (Lipinski definition) is 2. The summed E-state index contributed by atoms with van der Waals surface area (Å²) in [6.07, 6.45) is -2.79. The number of hydrogen-bond acceptors (Lipinski definition) is 8. The first-order valence-electron chi connectivity index (χ1n) is 19.4. The van der Waals surface area contributed by atoms with Crippen LogP contribution in [0.5, 0.6) is 0 Å². The molecule has 4 heterocycles. The van der Waals surface area contributed by atoms with Crippen molar-refractivity contribution < 1.29 is 43.9 Å². The van der Waals surface area contributed by atoms with Crippen LogP contribution in [0.2, 0.25) is 0 Å². The Morgan fingerprint density at radius 1 is 0.937 bits per heavy atom. The van der Waals surface area contributed by atoms with Gasteiger partial charge < -0.3 is 5.32 Å². The molecule has 2 aliphatic carbocycles. The number of alkyl halides is 4. The molecule has 1 saturated carbocycles. The Hall–Kier alpha value is -6.64. The Balaban J connectivity index is 1.26. The number of benzene rings is 3. The molecule has 21 heteroatoms. The van der Waals surface area contributed by atoms with E-state index in [1.807, 2.05) is 0 Å². The summed E-state index contributed by atoms with van der Waals surface area (Å²) in [7, 11) is -2.39. The average Bonchev–Trinajstić information content (AvgIpc) is 3.72. The SMILES string of the molecule is Cc1cc(F)ccc1-c1ccc2c(=O)n(-c3ccc(C)c4c(NS(C)(=O)=O)nn(C)c34)c([C@H](Cc3cc(F)cc(F)c3)NC(=O)Cn3nc(C(F)F)c4c3C(F)(F)[C@@H]3C[C@H]43)nc2n1. The number of carbonyl (C=O) groups is 1. The van der Waals surface area contributed by atoms with Gasteiger partial charge >= 0.3 is 0 Å². The molecule has 1 fully saturated rings. The Labute approximate surface area is 352 Å². The van der Waals surface area contributed by atoms with E-state index in [4.69, 9.17) is 4.98 Å². The number of halogens is 7. The van der Waals surface area contributed by atoms with Crippen molar-refractivity contribution in [3.8, 4) is 16.9 Å². The maximum atomic E-state index is 15.5. The summed E-state index contributed by atoms with van der Waals surface area (Å²) in [5.74, 6) is -9.57. The lowest BCUT2D eigenvalue weighted by molar-refractivity contribution is -0.123. The third-order valence-corrected chi connectivity index (χ3v) is 12.0. The first-order chi connectivity index (χ1) is 29.7. The summed E-state index contributed by atoms with van der Waals surface area (Å²) in [5.41, 5.74) is -0.960. The van der Waals surface area contributed by atoms with Crippen molar-refractivity contribution in [3.63, 3.8) is 0 Å². The van der Waals surface area contributed by atoms with Crippen molar-refractivity contribution in [1.82, 2.24) is 39.4 Å². The van der Waals surface area contributed by atoms with E-state index in [2.05, 4.69) is 25.2 Å². The van der Waals surface area contributed by atoms with Gasteiger partial charge in [-0.2, -0.15) is 19.0 Å². The van der Waals surface area contributed by atoms with Crippen molar-refractivity contribution >= 4 is 43.7 Å². The van der Waals surface area contributed by atoms with Gasteiger partial charge in [0.2, 0.25) is 15.9 Å². The molecule has 13 nitrogen and oxygen atoms in total. The van der Waals surface area contributed by atoms with Crippen LogP contribution in [-0.4, -0.2) is 54.7 Å². The molecule has 7 aromatic rings. The molecular weight excluding hydrogens is 860 g/mol. The number of aromatic nitrogens is 7. The van der Waals surface area contributed by atoms with Crippen LogP contribution in [0.1, 0.15) is 64.3 Å². The molecule has 326 valence electrons. The highest BCUT2D eigenvalue weighted by atomic mass is 32.2. The molecule has 3 aromatic carbocycles. The fourth-order valence-corrected chi connectivity index (χ4v) is 9.22. The number of aryl methyl sites for hydroxylation is 3. The first-order valence-corrected chi connectivity index (χ1v) is 21.2. The molecule has 0 saturated heterocycles. The number of pyridine rings is 1. The highest BCUT2D eigenvalue weighted by Crippen LogP contribution is 2.68. The Bertz CT molecular complexity index is 3240. The normalized spacial score (nSPS) is 17.0. The number of nitrogens with zero attached hydrogens (tertiary/aromatic N) is 7. The van der Waals surface area contributed by atoms with Crippen LogP contribution in [0, 0.1) is 37.2 Å². The smallest absolute Gasteiger partial charge is 0.293 e. The lowest BCUT2D eigenvalue weighted by atomic mass is 10.0. The van der Waals surface area contributed by atoms with Gasteiger partial charge in [0, 0.05) is 36.6 Å². The summed E-state index contributed by atoms with van der Waals surface area (Å²) >= 11 is 0. The summed E-state index contributed by atoms with van der Waals surface area (Å²) in [5, 5.41) is 11.0. The fourth-order valence-electron chi connectivity index (χ4n) is 8.72. The quantitative estimate of drug-likeness (QED) is 0.129. The summed E-state index contributed by atoms with van der Waals surface area (Å²) in [6.45, 7) is 2.32. The van der Waals surface area contributed by atoms with E-state index >= 15 is 13.6 Å². The molecule has 0 aliphatic heterocycles. The number of rotatable bonds is 11. The summed E-state index contributed by atoms with van der Waals surface area (Å²) in [4.78, 5) is 38.6. The second kappa shape index (κ2) is 14.7. The summed E-state index contributed by atoms with van der Waals surface area (Å²) in [6, 6.07) is 11.0. The number of amides is 1. The molecule has 63 heavy (non-hydrogen) atoms. The highest BCUT2D eigenvalue weighted by molar-refractivity contribution is 7.92. The van der Waals surface area contributed by atoms with E-state index in [9.17, 15) is 35.2 Å². The van der Waals surface area contributed by atoms with E-state index in [0.717, 1.165) is 23.0 Å². The first kappa shape index (κ1) is 41.7. The van der Waals surface area contributed by atoms with Crippen molar-refractivity contribution in [1.29, 1.82) is 0 Å². The lowest BCUT2D eigenvalue weighted by Gasteiger charge is -2.24. The highest BCUT2D eigenvalue weighted by Gasteiger charge is 2.67. The van der Waals surface area contributed by atoms with E-state index in [1.54, 1.807) is 19.9 Å². The van der Waals surface area contributed by atoms with Crippen molar-refractivity contribution in [2.45, 2.75) is 57.5 Å². The molecule has 2 N–H and O–H groups in total. The van der Waals surface area contributed by atoms with Gasteiger partial charge in [0.15, 0.2) is 11.5 Å². The van der Waals surface area contributed by atoms with Crippen molar-refractivity contribution in [3.05, 3.63) is 128 Å². The zero-order valence-electron chi connectivity index (χ0n) is 33.5. The van der Waals surface area contributed by atoms with Crippen LogP contribution in [-0.2, 0) is 40.8 Å². The Kier molecular flexibility index (Phi) is 9.75. The zero-order valence-corrected chi connectivity index (χ0v) is 34.3. The van der Waals surface area contributed by atoms with Crippen LogP contribution in [0.15, 0.2) is 65.5 Å². The van der Waals surface area contributed by atoms with Gasteiger partial charge in [0.05, 0.1) is 40.0 Å². The maximum Gasteiger partial charge on any atom is 0.293 e. The van der Waals surface area contributed by atoms with Gasteiger partial charge in [0.1, 0.15) is 41.2 Å². The molecule has 9 rings (SSSR count). The van der Waals surface area contributed by atoms with E-state index in [0.29, 0.717) is 27.4 Å². The summed E-state index contributed by atoms with van der Waals surface area (Å²) < 4.78 is 133. The predicted octanol–water partition coefficient (Wildman–Crippen LogP) is 7.18. The topological polar surface area (TPSA) is 159 Å². The third kappa shape index (κ3) is 7.26. The van der Waals surface area contributed by atoms with Crippen molar-refractivity contribution in [2.24, 2.45) is 13.0 Å². The molecule has 0 unspecified atom stereocenters. The van der Waals surface area contributed by atoms with Crippen LogP contribution >= 0.6 is 0 Å². The second-order valence-electron chi connectivity index (χ2n) is 15.9. The van der Waals surface area contributed by atoms with Crippen molar-refractivity contribution in [2.75, 3.05) is 11.0 Å². The standard InChI is InChI=1S/C42H34F7N9O4S/c1-18-5-10-30(35-32(18)39(54-56(35)3)55-63(4,61)62)58-40(52-38-25(41(58)60)8-9-28(51-38)24-7-6-21(43)11-19(24)2)29(14-20-12-22(44)15-23(45)13-20)50-31(59)17-57-36-33(34(53-57)37(46)47)26-16-27(26)42(36,48)49/h5-13,15,26-27,29,37H,14,16-17H2,1-4H3,(H,50,59)(H,54,55)/t26-,27+,29-/m0/s1. The maximum absolute atomic E-state index is 15.5. The van der Waals surface area contributed by atoms with Gasteiger partial charge in [-0.1, -0.05) is 6.07 Å². The number of nitrogens with one attached hydrogen (secondary N) is 2. The molecule has 2 aliphatic rings.